The minimum absolute atomic E-state index is 0.0765. The Kier molecular flexibility index (Phi) is 3.87. The molecule has 1 fully saturated rings. The normalized spacial score (nSPS) is 18.1. The summed E-state index contributed by atoms with van der Waals surface area (Å²) in [4.78, 5) is 12.2. The number of rotatable bonds is 3. The van der Waals surface area contributed by atoms with Gasteiger partial charge >= 0.3 is 0 Å². The lowest BCUT2D eigenvalue weighted by Gasteiger charge is -2.31. The Labute approximate surface area is 108 Å². The Balaban J connectivity index is 2.01. The molecule has 1 aromatic rings. The first-order valence-electron chi connectivity index (χ1n) is 6.38. The molecule has 1 aromatic carbocycles. The van der Waals surface area contributed by atoms with Crippen LogP contribution in [0, 0.1) is 0 Å². The van der Waals surface area contributed by atoms with Crippen LogP contribution >= 0.6 is 0 Å². The first kappa shape index (κ1) is 12.9. The summed E-state index contributed by atoms with van der Waals surface area (Å²) in [5.41, 5.74) is 6.23. The number of methoxy groups -OCH3 is 1. The zero-order valence-electron chi connectivity index (χ0n) is 10.7. The summed E-state index contributed by atoms with van der Waals surface area (Å²) in [5, 5.41) is 2.88. The van der Waals surface area contributed by atoms with E-state index in [1.54, 1.807) is 7.11 Å². The maximum absolute atomic E-state index is 12.2. The van der Waals surface area contributed by atoms with Gasteiger partial charge in [-0.15, -0.1) is 0 Å². The third kappa shape index (κ3) is 2.82. The van der Waals surface area contributed by atoms with Gasteiger partial charge in [-0.1, -0.05) is 19.3 Å². The number of anilines is 1. The summed E-state index contributed by atoms with van der Waals surface area (Å²) < 4.78 is 5.07. The molecule has 4 heteroatoms. The number of carbonyl (C=O) groups is 1. The van der Waals surface area contributed by atoms with Crippen molar-refractivity contribution in [2.45, 2.75) is 37.6 Å². The summed E-state index contributed by atoms with van der Waals surface area (Å²) in [6.45, 7) is 0. The highest BCUT2D eigenvalue weighted by Gasteiger charge is 2.35. The number of benzene rings is 1. The molecular formula is C14H20N2O2. The van der Waals surface area contributed by atoms with Crippen molar-refractivity contribution in [2.75, 3.05) is 12.4 Å². The second kappa shape index (κ2) is 5.40. The van der Waals surface area contributed by atoms with Crippen LogP contribution in [0.3, 0.4) is 0 Å². The molecule has 3 N–H and O–H groups in total. The highest BCUT2D eigenvalue weighted by Crippen LogP contribution is 2.27. The molecule has 1 aliphatic rings. The zero-order chi connectivity index (χ0) is 13.0. The van der Waals surface area contributed by atoms with Gasteiger partial charge in [0.05, 0.1) is 12.6 Å². The average molecular weight is 248 g/mol. The molecule has 1 saturated carbocycles. The van der Waals surface area contributed by atoms with Crippen molar-refractivity contribution in [3.8, 4) is 5.75 Å². The SMILES string of the molecule is COc1ccc(NC(=O)C2(N)CCCCC2)cc1. The Morgan fingerprint density at radius 2 is 1.83 bits per heavy atom. The van der Waals surface area contributed by atoms with E-state index in [1.807, 2.05) is 24.3 Å². The van der Waals surface area contributed by atoms with Crippen LogP contribution in [-0.4, -0.2) is 18.6 Å². The van der Waals surface area contributed by atoms with Gasteiger partial charge in [-0.25, -0.2) is 0 Å². The lowest BCUT2D eigenvalue weighted by Crippen LogP contribution is -2.52. The summed E-state index contributed by atoms with van der Waals surface area (Å²) in [7, 11) is 1.62. The monoisotopic (exact) mass is 248 g/mol. The lowest BCUT2D eigenvalue weighted by molar-refractivity contribution is -0.122. The van der Waals surface area contributed by atoms with Crippen LogP contribution in [0.5, 0.6) is 5.75 Å². The highest BCUT2D eigenvalue weighted by atomic mass is 16.5. The summed E-state index contributed by atoms with van der Waals surface area (Å²) in [6.07, 6.45) is 4.79. The molecule has 0 unspecified atom stereocenters. The molecular weight excluding hydrogens is 228 g/mol. The van der Waals surface area contributed by atoms with Crippen molar-refractivity contribution in [2.24, 2.45) is 5.73 Å². The fraction of sp³-hybridized carbons (Fsp3) is 0.500. The van der Waals surface area contributed by atoms with E-state index in [0.717, 1.165) is 37.1 Å². The third-order valence-corrected chi connectivity index (χ3v) is 3.55. The molecule has 0 atom stereocenters. The molecule has 0 aromatic heterocycles. The number of nitrogens with one attached hydrogen (secondary N) is 1. The first-order chi connectivity index (χ1) is 8.64. The van der Waals surface area contributed by atoms with Gasteiger partial charge in [0.25, 0.3) is 0 Å². The van der Waals surface area contributed by atoms with Crippen molar-refractivity contribution >= 4 is 11.6 Å². The molecule has 18 heavy (non-hydrogen) atoms. The van der Waals surface area contributed by atoms with Gasteiger partial charge < -0.3 is 15.8 Å². The van der Waals surface area contributed by atoms with Crippen LogP contribution in [0.4, 0.5) is 5.69 Å². The van der Waals surface area contributed by atoms with Gasteiger partial charge in [0.1, 0.15) is 5.75 Å². The van der Waals surface area contributed by atoms with E-state index >= 15 is 0 Å². The number of hydrogen-bond acceptors (Lipinski definition) is 3. The number of hydrogen-bond donors (Lipinski definition) is 2. The van der Waals surface area contributed by atoms with E-state index in [1.165, 1.54) is 6.42 Å². The van der Waals surface area contributed by atoms with E-state index < -0.39 is 5.54 Å². The molecule has 0 bridgehead atoms. The molecule has 4 nitrogen and oxygen atoms in total. The van der Waals surface area contributed by atoms with Gasteiger partial charge in [-0.05, 0) is 37.1 Å². The number of ether oxygens (including phenoxy) is 1. The predicted molar refractivity (Wildman–Crippen MR) is 71.6 cm³/mol. The minimum Gasteiger partial charge on any atom is -0.497 e. The van der Waals surface area contributed by atoms with Crippen LogP contribution in [0.15, 0.2) is 24.3 Å². The largest absolute Gasteiger partial charge is 0.497 e. The molecule has 0 heterocycles. The Morgan fingerprint density at radius 3 is 2.39 bits per heavy atom. The Bertz CT molecular complexity index is 408. The van der Waals surface area contributed by atoms with Crippen molar-refractivity contribution in [1.29, 1.82) is 0 Å². The average Bonchev–Trinajstić information content (AvgIpc) is 2.40. The van der Waals surface area contributed by atoms with E-state index in [4.69, 9.17) is 10.5 Å². The summed E-state index contributed by atoms with van der Waals surface area (Å²) in [5.74, 6) is 0.695. The standard InChI is InChI=1S/C14H20N2O2/c1-18-12-7-5-11(6-8-12)16-13(17)14(15)9-3-2-4-10-14/h5-8H,2-4,9-10,15H2,1H3,(H,16,17). The Hall–Kier alpha value is -1.55. The number of amides is 1. The van der Waals surface area contributed by atoms with E-state index in [2.05, 4.69) is 5.32 Å². The topological polar surface area (TPSA) is 64.3 Å². The van der Waals surface area contributed by atoms with Crippen LogP contribution in [-0.2, 0) is 4.79 Å². The summed E-state index contributed by atoms with van der Waals surface area (Å²) in [6, 6.07) is 7.28. The third-order valence-electron chi connectivity index (χ3n) is 3.55. The molecule has 0 saturated heterocycles. The molecule has 0 radical (unpaired) electrons. The fourth-order valence-electron chi connectivity index (χ4n) is 2.34. The second-order valence-corrected chi connectivity index (χ2v) is 4.90. The van der Waals surface area contributed by atoms with E-state index in [9.17, 15) is 4.79 Å². The lowest BCUT2D eigenvalue weighted by atomic mass is 9.82. The molecule has 1 amide bonds. The van der Waals surface area contributed by atoms with E-state index in [-0.39, 0.29) is 5.91 Å². The predicted octanol–water partition coefficient (Wildman–Crippen LogP) is 2.30. The van der Waals surface area contributed by atoms with Crippen molar-refractivity contribution in [3.63, 3.8) is 0 Å². The van der Waals surface area contributed by atoms with Crippen LogP contribution in [0.1, 0.15) is 32.1 Å². The van der Waals surface area contributed by atoms with Crippen molar-refractivity contribution in [1.82, 2.24) is 0 Å². The quantitative estimate of drug-likeness (QED) is 0.862. The minimum atomic E-state index is -0.696. The van der Waals surface area contributed by atoms with Gasteiger partial charge in [-0.2, -0.15) is 0 Å². The second-order valence-electron chi connectivity index (χ2n) is 4.90. The molecule has 0 aliphatic heterocycles. The smallest absolute Gasteiger partial charge is 0.244 e. The van der Waals surface area contributed by atoms with Gasteiger partial charge in [-0.3, -0.25) is 4.79 Å². The fourth-order valence-corrected chi connectivity index (χ4v) is 2.34. The summed E-state index contributed by atoms with van der Waals surface area (Å²) >= 11 is 0. The van der Waals surface area contributed by atoms with E-state index in [0.29, 0.717) is 0 Å². The van der Waals surface area contributed by atoms with Gasteiger partial charge in [0.2, 0.25) is 5.91 Å². The number of carbonyl (C=O) groups excluding carboxylic acids is 1. The maximum Gasteiger partial charge on any atom is 0.244 e. The van der Waals surface area contributed by atoms with Crippen LogP contribution in [0.2, 0.25) is 0 Å². The number of nitrogens with two attached hydrogens (primary N) is 1. The molecule has 2 rings (SSSR count). The van der Waals surface area contributed by atoms with Gasteiger partial charge in [0.15, 0.2) is 0 Å². The first-order valence-corrected chi connectivity index (χ1v) is 6.38. The molecule has 0 spiro atoms. The molecule has 98 valence electrons. The maximum atomic E-state index is 12.2. The van der Waals surface area contributed by atoms with Gasteiger partial charge in [0, 0.05) is 5.69 Å². The van der Waals surface area contributed by atoms with Crippen LogP contribution < -0.4 is 15.8 Å². The van der Waals surface area contributed by atoms with Crippen molar-refractivity contribution in [3.05, 3.63) is 24.3 Å². The Morgan fingerprint density at radius 1 is 1.22 bits per heavy atom. The highest BCUT2D eigenvalue weighted by molar-refractivity contribution is 5.98. The zero-order valence-corrected chi connectivity index (χ0v) is 10.7. The van der Waals surface area contributed by atoms with Crippen molar-refractivity contribution < 1.29 is 9.53 Å². The van der Waals surface area contributed by atoms with Crippen LogP contribution in [0.25, 0.3) is 0 Å². The molecule has 1 aliphatic carbocycles.